The number of hydrogen-bond donors (Lipinski definition) is 2. The molecule has 1 aromatic heterocycles. The second-order valence-electron chi connectivity index (χ2n) is 4.82. The molecular weight excluding hydrogens is 437 g/mol. The number of anilines is 1. The number of halogens is 4. The molecule has 0 spiro atoms. The molecule has 1 aromatic carbocycles. The summed E-state index contributed by atoms with van der Waals surface area (Å²) >= 11 is 4.02. The van der Waals surface area contributed by atoms with Crippen LogP contribution in [-0.2, 0) is 15.8 Å². The fraction of sp³-hybridized carbons (Fsp3) is 0.200. The molecule has 2 N–H and O–H groups in total. The van der Waals surface area contributed by atoms with Crippen LogP contribution in [0.4, 0.5) is 18.9 Å². The molecule has 2 amide bonds. The molecule has 0 saturated carbocycles. The second kappa shape index (κ2) is 8.99. The average Bonchev–Trinajstić information content (AvgIpc) is 2.60. The molecule has 138 valence electrons. The smallest absolute Gasteiger partial charge is 0.346 e. The highest BCUT2D eigenvalue weighted by atomic mass is 79.9. The quantitative estimate of drug-likeness (QED) is 0.523. The number of hydrogen-bond acceptors (Lipinski definition) is 5. The Bertz CT molecular complexity index is 804. The third-order valence-corrected chi connectivity index (χ3v) is 4.40. The van der Waals surface area contributed by atoms with Gasteiger partial charge in [0.1, 0.15) is 5.69 Å². The summed E-state index contributed by atoms with van der Waals surface area (Å²) in [4.78, 5) is 30.5. The number of para-hydroxylation sites is 1. The minimum Gasteiger partial charge on any atom is -0.346 e. The van der Waals surface area contributed by atoms with Crippen molar-refractivity contribution in [2.24, 2.45) is 0 Å². The Labute approximate surface area is 159 Å². The lowest BCUT2D eigenvalue weighted by Gasteiger charge is -2.08. The first-order chi connectivity index (χ1) is 12.3. The predicted molar refractivity (Wildman–Crippen MR) is 93.5 cm³/mol. The number of amides is 2. The summed E-state index contributed by atoms with van der Waals surface area (Å²) in [6, 6.07) is 7.71. The topological polar surface area (TPSA) is 84.0 Å². The van der Waals surface area contributed by atoms with Crippen LogP contribution >= 0.6 is 27.7 Å². The number of nitrogens with one attached hydrogen (secondary N) is 2. The second-order valence-corrected chi connectivity index (χ2v) is 6.61. The van der Waals surface area contributed by atoms with Crippen LogP contribution in [0.2, 0.25) is 0 Å². The number of rotatable bonds is 6. The summed E-state index contributed by atoms with van der Waals surface area (Å²) in [5.41, 5.74) is -0.526. The number of nitrogens with zero attached hydrogens (tertiary/aromatic N) is 2. The van der Waals surface area contributed by atoms with Crippen LogP contribution in [-0.4, -0.2) is 34.1 Å². The SMILES string of the molecule is O=C(CSc1nccc(C(F)(F)F)n1)NCC(=O)Nc1ccccc1Br. The van der Waals surface area contributed by atoms with Crippen LogP contribution in [0.5, 0.6) is 0 Å². The lowest BCUT2D eigenvalue weighted by atomic mass is 10.3. The molecule has 0 aliphatic carbocycles. The summed E-state index contributed by atoms with van der Waals surface area (Å²) in [7, 11) is 0. The minimum absolute atomic E-state index is 0.173. The van der Waals surface area contributed by atoms with Crippen molar-refractivity contribution in [3.8, 4) is 0 Å². The Kier molecular flexibility index (Phi) is 6.98. The summed E-state index contributed by atoms with van der Waals surface area (Å²) in [6.45, 7) is -0.274. The van der Waals surface area contributed by atoms with Gasteiger partial charge in [-0.25, -0.2) is 9.97 Å². The third-order valence-electron chi connectivity index (χ3n) is 2.85. The Morgan fingerprint density at radius 1 is 1.15 bits per heavy atom. The standard InChI is InChI=1S/C15H12BrF3N4O2S/c16-9-3-1-2-4-10(9)22-12(24)7-21-13(25)8-26-14-20-6-5-11(23-14)15(17,18)19/h1-6H,7-8H2,(H,21,25)(H,22,24). The maximum Gasteiger partial charge on any atom is 0.433 e. The lowest BCUT2D eigenvalue weighted by Crippen LogP contribution is -2.34. The summed E-state index contributed by atoms with van der Waals surface area (Å²) < 4.78 is 38.4. The van der Waals surface area contributed by atoms with Crippen molar-refractivity contribution in [2.75, 3.05) is 17.6 Å². The molecule has 0 aliphatic heterocycles. The molecular formula is C15H12BrF3N4O2S. The van der Waals surface area contributed by atoms with Gasteiger partial charge in [-0.05, 0) is 34.1 Å². The van der Waals surface area contributed by atoms with Crippen molar-refractivity contribution in [1.29, 1.82) is 0 Å². The molecule has 0 saturated heterocycles. The van der Waals surface area contributed by atoms with Gasteiger partial charge in [0.2, 0.25) is 11.8 Å². The van der Waals surface area contributed by atoms with E-state index < -0.39 is 23.7 Å². The summed E-state index contributed by atoms with van der Waals surface area (Å²) in [5, 5.41) is 4.81. The van der Waals surface area contributed by atoms with E-state index in [-0.39, 0.29) is 17.5 Å². The molecule has 0 atom stereocenters. The molecule has 26 heavy (non-hydrogen) atoms. The number of carbonyl (C=O) groups excluding carboxylic acids is 2. The van der Waals surface area contributed by atoms with Gasteiger partial charge in [0, 0.05) is 10.7 Å². The van der Waals surface area contributed by atoms with E-state index in [4.69, 9.17) is 0 Å². The maximum absolute atomic E-state index is 12.6. The summed E-state index contributed by atoms with van der Waals surface area (Å²) in [6.07, 6.45) is -3.61. The van der Waals surface area contributed by atoms with Crippen LogP contribution < -0.4 is 10.6 Å². The molecule has 0 unspecified atom stereocenters. The van der Waals surface area contributed by atoms with Gasteiger partial charge in [-0.2, -0.15) is 13.2 Å². The predicted octanol–water partition coefficient (Wildman–Crippen LogP) is 3.10. The van der Waals surface area contributed by atoms with Gasteiger partial charge in [-0.3, -0.25) is 9.59 Å². The maximum atomic E-state index is 12.6. The van der Waals surface area contributed by atoms with Crippen LogP contribution in [0, 0.1) is 0 Å². The highest BCUT2D eigenvalue weighted by molar-refractivity contribution is 9.10. The number of alkyl halides is 3. The molecule has 6 nitrogen and oxygen atoms in total. The van der Waals surface area contributed by atoms with Crippen molar-refractivity contribution >= 4 is 45.2 Å². The van der Waals surface area contributed by atoms with Crippen LogP contribution in [0.25, 0.3) is 0 Å². The Balaban J connectivity index is 1.79. The van der Waals surface area contributed by atoms with Gasteiger partial charge in [-0.1, -0.05) is 23.9 Å². The van der Waals surface area contributed by atoms with Gasteiger partial charge in [-0.15, -0.1) is 0 Å². The molecule has 0 bridgehead atoms. The number of aromatic nitrogens is 2. The van der Waals surface area contributed by atoms with Gasteiger partial charge < -0.3 is 10.6 Å². The largest absolute Gasteiger partial charge is 0.433 e. The number of carbonyl (C=O) groups is 2. The van der Waals surface area contributed by atoms with Crippen molar-refractivity contribution in [2.45, 2.75) is 11.3 Å². The Hall–Kier alpha value is -2.14. The zero-order chi connectivity index (χ0) is 19.2. The highest BCUT2D eigenvalue weighted by Crippen LogP contribution is 2.28. The van der Waals surface area contributed by atoms with E-state index in [0.29, 0.717) is 10.2 Å². The lowest BCUT2D eigenvalue weighted by molar-refractivity contribution is -0.141. The number of thioether (sulfide) groups is 1. The minimum atomic E-state index is -4.58. The monoisotopic (exact) mass is 448 g/mol. The van der Waals surface area contributed by atoms with E-state index in [1.54, 1.807) is 24.3 Å². The third kappa shape index (κ3) is 6.30. The first kappa shape index (κ1) is 20.2. The van der Waals surface area contributed by atoms with Crippen molar-refractivity contribution < 1.29 is 22.8 Å². The van der Waals surface area contributed by atoms with E-state index >= 15 is 0 Å². The van der Waals surface area contributed by atoms with Crippen LogP contribution in [0.3, 0.4) is 0 Å². The van der Waals surface area contributed by atoms with E-state index in [9.17, 15) is 22.8 Å². The van der Waals surface area contributed by atoms with Crippen LogP contribution in [0.1, 0.15) is 5.69 Å². The molecule has 0 aliphatic rings. The molecule has 0 fully saturated rings. The zero-order valence-corrected chi connectivity index (χ0v) is 15.4. The normalized spacial score (nSPS) is 11.1. The van der Waals surface area contributed by atoms with E-state index in [0.717, 1.165) is 24.0 Å². The van der Waals surface area contributed by atoms with Gasteiger partial charge in [0.15, 0.2) is 5.16 Å². The molecule has 2 rings (SSSR count). The van der Waals surface area contributed by atoms with E-state index in [1.807, 2.05) is 0 Å². The zero-order valence-electron chi connectivity index (χ0n) is 13.0. The van der Waals surface area contributed by atoms with Crippen molar-refractivity contribution in [1.82, 2.24) is 15.3 Å². The van der Waals surface area contributed by atoms with E-state index in [1.165, 1.54) is 0 Å². The molecule has 2 aromatic rings. The van der Waals surface area contributed by atoms with Gasteiger partial charge in [0.25, 0.3) is 0 Å². The Morgan fingerprint density at radius 2 is 1.88 bits per heavy atom. The fourth-order valence-electron chi connectivity index (χ4n) is 1.69. The van der Waals surface area contributed by atoms with Gasteiger partial charge >= 0.3 is 6.18 Å². The van der Waals surface area contributed by atoms with Crippen LogP contribution in [0.15, 0.2) is 46.2 Å². The van der Waals surface area contributed by atoms with Crippen molar-refractivity contribution in [3.63, 3.8) is 0 Å². The first-order valence-corrected chi connectivity index (χ1v) is 8.87. The molecule has 11 heteroatoms. The highest BCUT2D eigenvalue weighted by Gasteiger charge is 2.32. The van der Waals surface area contributed by atoms with Crippen molar-refractivity contribution in [3.05, 3.63) is 46.7 Å². The van der Waals surface area contributed by atoms with Gasteiger partial charge in [0.05, 0.1) is 18.0 Å². The molecule has 1 heterocycles. The fourth-order valence-corrected chi connectivity index (χ4v) is 2.73. The number of benzene rings is 1. The summed E-state index contributed by atoms with van der Waals surface area (Å²) in [5.74, 6) is -1.19. The Morgan fingerprint density at radius 3 is 2.58 bits per heavy atom. The first-order valence-electron chi connectivity index (χ1n) is 7.10. The molecule has 0 radical (unpaired) electrons. The average molecular weight is 449 g/mol. The van der Waals surface area contributed by atoms with E-state index in [2.05, 4.69) is 36.5 Å².